The van der Waals surface area contributed by atoms with Gasteiger partial charge >= 0.3 is 0 Å². The van der Waals surface area contributed by atoms with E-state index < -0.39 is 0 Å². The van der Waals surface area contributed by atoms with Crippen LogP contribution in [0, 0.1) is 0 Å². The molecule has 344 valence electrons. The van der Waals surface area contributed by atoms with Gasteiger partial charge in [0.25, 0.3) is 0 Å². The highest BCUT2D eigenvalue weighted by molar-refractivity contribution is 5.82. The van der Waals surface area contributed by atoms with Crippen molar-refractivity contribution in [3.05, 3.63) is 142 Å². The van der Waals surface area contributed by atoms with Crippen molar-refractivity contribution in [2.75, 3.05) is 0 Å². The number of nitrogens with zero attached hydrogens (tertiary/aromatic N) is 4. The van der Waals surface area contributed by atoms with E-state index in [9.17, 15) is 0 Å². The summed E-state index contributed by atoms with van der Waals surface area (Å²) < 4.78 is 0. The van der Waals surface area contributed by atoms with Crippen LogP contribution in [0.2, 0.25) is 0 Å². The van der Waals surface area contributed by atoms with E-state index in [4.69, 9.17) is 20.0 Å². The van der Waals surface area contributed by atoms with E-state index in [1.165, 1.54) is 211 Å². The van der Waals surface area contributed by atoms with E-state index in [1.807, 2.05) is 0 Å². The molecule has 8 aliphatic rings. The molecule has 4 aromatic carbocycles. The quantitative estimate of drug-likeness (QED) is 0.127. The van der Waals surface area contributed by atoms with Crippen molar-refractivity contribution < 1.29 is 0 Å². The molecule has 0 spiro atoms. The Morgan fingerprint density at radius 3 is 0.621 bits per heavy atom. The molecule has 12 rings (SSSR count). The molecular formula is C62H76N4. The first kappa shape index (κ1) is 44.1. The van der Waals surface area contributed by atoms with Crippen LogP contribution < -0.4 is 0 Å². The third-order valence-corrected chi connectivity index (χ3v) is 18.2. The minimum absolute atomic E-state index is 0.0249. The molecule has 0 atom stereocenters. The Morgan fingerprint density at radius 2 is 0.439 bits per heavy atom. The summed E-state index contributed by atoms with van der Waals surface area (Å²) in [5.74, 6) is 0. The Bertz CT molecular complexity index is 1970. The van der Waals surface area contributed by atoms with Crippen molar-refractivity contribution in [3.8, 4) is 0 Å². The van der Waals surface area contributed by atoms with Gasteiger partial charge in [0.15, 0.2) is 0 Å². The molecule has 0 radical (unpaired) electrons. The van der Waals surface area contributed by atoms with Crippen LogP contribution in [0.3, 0.4) is 0 Å². The Hall–Kier alpha value is -4.44. The SMILES string of the molecule is C(=NC1CCCCC1)c1ccc(C23CC4(c5ccc(C=NC6CCCCC6)cc5)CC(c5ccc(C=NC6CCCCC6)cc5)(C2)CC(c2ccc(C=NC5CCCCC5)cc2)(C3)C4)cc1. The maximum absolute atomic E-state index is 5.11. The molecular weight excluding hydrogens is 801 g/mol. The predicted octanol–water partition coefficient (Wildman–Crippen LogP) is 15.1. The second kappa shape index (κ2) is 19.3. The molecule has 4 nitrogen and oxygen atoms in total. The first-order valence-electron chi connectivity index (χ1n) is 27.0. The average Bonchev–Trinajstić information content (AvgIpc) is 3.37. The molecule has 8 fully saturated rings. The van der Waals surface area contributed by atoms with Gasteiger partial charge in [-0.15, -0.1) is 0 Å². The van der Waals surface area contributed by atoms with Gasteiger partial charge in [-0.05, 0) is 156 Å². The monoisotopic (exact) mass is 877 g/mol. The van der Waals surface area contributed by atoms with Crippen LogP contribution in [0.1, 0.15) is 211 Å². The van der Waals surface area contributed by atoms with Gasteiger partial charge in [-0.2, -0.15) is 0 Å². The number of aliphatic imine (C=N–C) groups is 4. The second-order valence-corrected chi connectivity index (χ2v) is 23.0. The lowest BCUT2D eigenvalue weighted by Gasteiger charge is -2.71. The minimum atomic E-state index is 0.0249. The molecule has 4 bridgehead atoms. The fraction of sp³-hybridized carbons (Fsp3) is 0.548. The van der Waals surface area contributed by atoms with Crippen molar-refractivity contribution in [2.45, 2.75) is 213 Å². The largest absolute Gasteiger partial charge is 0.289 e. The molecule has 0 saturated heterocycles. The molecule has 0 unspecified atom stereocenters. The Morgan fingerprint density at radius 1 is 0.258 bits per heavy atom. The van der Waals surface area contributed by atoms with Crippen LogP contribution in [0.4, 0.5) is 0 Å². The number of rotatable bonds is 12. The third-order valence-electron chi connectivity index (χ3n) is 18.2. The Balaban J connectivity index is 0.987. The molecule has 0 N–H and O–H groups in total. The molecule has 4 aromatic rings. The highest BCUT2D eigenvalue weighted by atomic mass is 14.8. The highest BCUT2D eigenvalue weighted by Gasteiger charge is 2.69. The van der Waals surface area contributed by atoms with Gasteiger partial charge in [-0.25, -0.2) is 0 Å². The zero-order valence-corrected chi connectivity index (χ0v) is 40.0. The van der Waals surface area contributed by atoms with E-state index in [0.29, 0.717) is 24.2 Å². The van der Waals surface area contributed by atoms with Crippen molar-refractivity contribution in [1.82, 2.24) is 0 Å². The van der Waals surface area contributed by atoms with Crippen LogP contribution in [0.5, 0.6) is 0 Å². The van der Waals surface area contributed by atoms with Crippen LogP contribution in [0.25, 0.3) is 0 Å². The lowest BCUT2D eigenvalue weighted by Crippen LogP contribution is -2.67. The summed E-state index contributed by atoms with van der Waals surface area (Å²) in [6.07, 6.45) is 41.8. The summed E-state index contributed by atoms with van der Waals surface area (Å²) in [7, 11) is 0. The normalized spacial score (nSPS) is 30.4. The molecule has 0 aromatic heterocycles. The predicted molar refractivity (Wildman–Crippen MR) is 278 cm³/mol. The first-order chi connectivity index (χ1) is 32.5. The van der Waals surface area contributed by atoms with Crippen molar-refractivity contribution in [1.29, 1.82) is 0 Å². The van der Waals surface area contributed by atoms with E-state index in [1.54, 1.807) is 0 Å². The number of benzene rings is 4. The van der Waals surface area contributed by atoms with Crippen molar-refractivity contribution in [3.63, 3.8) is 0 Å². The topological polar surface area (TPSA) is 49.4 Å². The summed E-state index contributed by atoms with van der Waals surface area (Å²) in [6.45, 7) is 0. The fourth-order valence-electron chi connectivity index (χ4n) is 15.2. The van der Waals surface area contributed by atoms with Crippen LogP contribution in [0.15, 0.2) is 117 Å². The van der Waals surface area contributed by atoms with Gasteiger partial charge in [0, 0.05) is 49.0 Å². The van der Waals surface area contributed by atoms with E-state index in [0.717, 1.165) is 0 Å². The maximum atomic E-state index is 5.11. The summed E-state index contributed by atoms with van der Waals surface area (Å²) in [5, 5.41) is 0. The molecule has 0 heterocycles. The smallest absolute Gasteiger partial charge is 0.0499 e. The number of hydrogen-bond acceptors (Lipinski definition) is 4. The lowest BCUT2D eigenvalue weighted by molar-refractivity contribution is -0.0691. The zero-order chi connectivity index (χ0) is 44.3. The second-order valence-electron chi connectivity index (χ2n) is 23.0. The average molecular weight is 877 g/mol. The lowest BCUT2D eigenvalue weighted by atomic mass is 9.32. The van der Waals surface area contributed by atoms with Gasteiger partial charge < -0.3 is 0 Å². The molecule has 8 aliphatic carbocycles. The molecule has 4 heteroatoms. The van der Waals surface area contributed by atoms with Crippen molar-refractivity contribution in [2.24, 2.45) is 20.0 Å². The van der Waals surface area contributed by atoms with Gasteiger partial charge in [-0.3, -0.25) is 20.0 Å². The minimum Gasteiger partial charge on any atom is -0.289 e. The molecule has 8 saturated carbocycles. The molecule has 0 amide bonds. The van der Waals surface area contributed by atoms with Crippen LogP contribution in [-0.2, 0) is 21.7 Å². The van der Waals surface area contributed by atoms with Crippen molar-refractivity contribution >= 4 is 24.9 Å². The molecule has 0 aliphatic heterocycles. The summed E-state index contributed by atoms with van der Waals surface area (Å²) in [6, 6.07) is 41.3. The van der Waals surface area contributed by atoms with Crippen LogP contribution in [-0.4, -0.2) is 49.0 Å². The Labute approximate surface area is 397 Å². The highest BCUT2D eigenvalue weighted by Crippen LogP contribution is 2.74. The number of hydrogen-bond donors (Lipinski definition) is 0. The third kappa shape index (κ3) is 9.38. The summed E-state index contributed by atoms with van der Waals surface area (Å²) in [4.78, 5) is 20.5. The maximum Gasteiger partial charge on any atom is 0.0499 e. The standard InChI is InChI=1S/C62H76N4/c1-5-13-55(14-6-1)63-37-47-21-29-51(30-22-47)59-41-60(52-31-23-48(24-32-52)38-64-56-15-7-2-8-16-56)44-61(42-59,53-33-25-49(26-34-53)39-65-57-17-9-3-10-18-57)46-62(43-59,45-60)54-35-27-50(28-36-54)40-66-58-19-11-4-12-20-58/h21-40,55-58H,1-20,41-46H2. The van der Waals surface area contributed by atoms with Gasteiger partial charge in [-0.1, -0.05) is 174 Å². The van der Waals surface area contributed by atoms with E-state index >= 15 is 0 Å². The zero-order valence-electron chi connectivity index (χ0n) is 40.0. The van der Waals surface area contributed by atoms with Crippen LogP contribution >= 0.6 is 0 Å². The summed E-state index contributed by atoms with van der Waals surface area (Å²) in [5.41, 5.74) is 11.2. The first-order valence-corrected chi connectivity index (χ1v) is 27.0. The van der Waals surface area contributed by atoms with E-state index in [2.05, 4.69) is 122 Å². The van der Waals surface area contributed by atoms with Gasteiger partial charge in [0.05, 0.1) is 0 Å². The van der Waals surface area contributed by atoms with Gasteiger partial charge in [0.2, 0.25) is 0 Å². The fourth-order valence-corrected chi connectivity index (χ4v) is 15.2. The van der Waals surface area contributed by atoms with E-state index in [-0.39, 0.29) is 21.7 Å². The summed E-state index contributed by atoms with van der Waals surface area (Å²) >= 11 is 0. The molecule has 66 heavy (non-hydrogen) atoms. The van der Waals surface area contributed by atoms with Gasteiger partial charge in [0.1, 0.15) is 0 Å². The Kier molecular flexibility index (Phi) is 12.9.